The Hall–Kier alpha value is -3.70. The lowest BCUT2D eigenvalue weighted by molar-refractivity contribution is -0.296. The first-order chi connectivity index (χ1) is 27.8. The summed E-state index contributed by atoms with van der Waals surface area (Å²) in [4.78, 5) is 58.2. The van der Waals surface area contributed by atoms with Crippen LogP contribution in [0.5, 0.6) is 0 Å². The highest BCUT2D eigenvalue weighted by Gasteiger charge is 2.53. The number of aliphatic hydroxyl groups is 2. The highest BCUT2D eigenvalue weighted by molar-refractivity contribution is 6.00. The number of aromatic nitrogens is 1. The zero-order valence-corrected chi connectivity index (χ0v) is 36.4. The molecule has 2 bridgehead atoms. The Morgan fingerprint density at radius 1 is 1.03 bits per heavy atom. The van der Waals surface area contributed by atoms with Crippen LogP contribution in [-0.2, 0) is 49.5 Å². The minimum absolute atomic E-state index is 0.0285. The van der Waals surface area contributed by atoms with E-state index in [1.54, 1.807) is 20.8 Å². The third-order valence-electron chi connectivity index (χ3n) is 12.2. The van der Waals surface area contributed by atoms with Gasteiger partial charge in [-0.2, -0.15) is 0 Å². The number of rotatable bonds is 7. The number of aliphatic imine (C=N–C) groups is 1. The Bertz CT molecular complexity index is 1870. The predicted molar refractivity (Wildman–Crippen MR) is 221 cm³/mol. The molecule has 0 saturated carbocycles. The molecule has 59 heavy (non-hydrogen) atoms. The number of likely N-dealkylation sites (N-methyl/N-ethyl adjacent to an activating group) is 1. The average molecular weight is 825 g/mol. The summed E-state index contributed by atoms with van der Waals surface area (Å²) in [5.41, 5.74) is -1.09. The average Bonchev–Trinajstić information content (AvgIpc) is 3.20. The SMILES string of the molecule is CC[C@H]1OC(=O)[C@H](C)C(=O)[C@H](C)[C@@H](O[C@@H]2O[C@H](C)C[C@H](N(C)C)[C@H]2O)C2(C)C[C@@H](C)C(=NC(C)=O)[C@H](C)[C@@H](OC/C(=N/OCc3ccc4ccccc4n3)CO2)[C@]1(C)O. The van der Waals surface area contributed by atoms with Crippen molar-refractivity contribution < 1.29 is 53.1 Å². The number of ether oxygens (including phenoxy) is 5. The number of Topliss-reactive ketones (excluding diaryl/α,β-unsaturated/α-hetero) is 1. The number of oxime groups is 1. The molecule has 0 aliphatic carbocycles. The van der Waals surface area contributed by atoms with E-state index in [0.29, 0.717) is 23.5 Å². The van der Waals surface area contributed by atoms with Crippen molar-refractivity contribution in [3.63, 3.8) is 0 Å². The lowest BCUT2D eigenvalue weighted by atomic mass is 9.73. The Kier molecular flexibility index (Phi) is 15.2. The molecule has 15 heteroatoms. The van der Waals surface area contributed by atoms with Gasteiger partial charge in [-0.25, -0.2) is 9.98 Å². The molecule has 1 aromatic heterocycles. The zero-order valence-electron chi connectivity index (χ0n) is 36.4. The summed E-state index contributed by atoms with van der Waals surface area (Å²) in [5, 5.41) is 29.5. The number of hydrogen-bond donors (Lipinski definition) is 2. The maximum Gasteiger partial charge on any atom is 0.316 e. The highest BCUT2D eigenvalue weighted by atomic mass is 16.7. The Morgan fingerprint density at radius 2 is 1.75 bits per heavy atom. The van der Waals surface area contributed by atoms with E-state index in [-0.39, 0.29) is 44.8 Å². The van der Waals surface area contributed by atoms with Crippen LogP contribution in [0, 0.1) is 23.7 Å². The van der Waals surface area contributed by atoms with Crippen molar-refractivity contribution in [2.45, 2.75) is 142 Å². The van der Waals surface area contributed by atoms with E-state index in [9.17, 15) is 24.6 Å². The lowest BCUT2D eigenvalue weighted by Gasteiger charge is -2.47. The minimum Gasteiger partial charge on any atom is -0.459 e. The van der Waals surface area contributed by atoms with Gasteiger partial charge in [-0.05, 0) is 79.1 Å². The Morgan fingerprint density at radius 3 is 2.42 bits per heavy atom. The van der Waals surface area contributed by atoms with Crippen LogP contribution in [-0.4, -0.2) is 131 Å². The number of nitrogens with zero attached hydrogens (tertiary/aromatic N) is 4. The fourth-order valence-electron chi connectivity index (χ4n) is 8.98. The number of carbonyl (C=O) groups excluding carboxylic acids is 3. The summed E-state index contributed by atoms with van der Waals surface area (Å²) >= 11 is 0. The summed E-state index contributed by atoms with van der Waals surface area (Å²) in [7, 11) is 3.74. The molecule has 3 saturated heterocycles. The number of ketones is 1. The zero-order chi connectivity index (χ0) is 43.4. The predicted octanol–water partition coefficient (Wildman–Crippen LogP) is 4.67. The summed E-state index contributed by atoms with van der Waals surface area (Å²) in [5.74, 6) is -5.30. The monoisotopic (exact) mass is 824 g/mol. The first kappa shape index (κ1) is 46.4. The normalized spacial score (nSPS) is 38.1. The van der Waals surface area contributed by atoms with Crippen LogP contribution in [0.2, 0.25) is 0 Å². The van der Waals surface area contributed by atoms with E-state index in [0.717, 1.165) is 10.9 Å². The van der Waals surface area contributed by atoms with Gasteiger partial charge in [0.25, 0.3) is 0 Å². The molecule has 1 unspecified atom stereocenters. The van der Waals surface area contributed by atoms with E-state index < -0.39 is 83.2 Å². The van der Waals surface area contributed by atoms with E-state index in [1.807, 2.05) is 76.2 Å². The van der Waals surface area contributed by atoms with Gasteiger partial charge in [0.2, 0.25) is 5.91 Å². The van der Waals surface area contributed by atoms with Gasteiger partial charge in [0.1, 0.15) is 29.4 Å². The highest BCUT2D eigenvalue weighted by Crippen LogP contribution is 2.40. The van der Waals surface area contributed by atoms with Crippen LogP contribution < -0.4 is 0 Å². The van der Waals surface area contributed by atoms with Crippen molar-refractivity contribution in [1.82, 2.24) is 9.88 Å². The second-order valence-corrected chi connectivity index (χ2v) is 17.3. The number of benzene rings is 1. The summed E-state index contributed by atoms with van der Waals surface area (Å²) in [6.45, 7) is 14.8. The van der Waals surface area contributed by atoms with Gasteiger partial charge in [-0.15, -0.1) is 0 Å². The van der Waals surface area contributed by atoms with Crippen LogP contribution in [0.1, 0.15) is 87.3 Å². The first-order valence-corrected chi connectivity index (χ1v) is 20.8. The molecule has 15 nitrogen and oxygen atoms in total. The molecule has 4 heterocycles. The third-order valence-corrected chi connectivity index (χ3v) is 12.2. The quantitative estimate of drug-likeness (QED) is 0.223. The molecule has 2 N–H and O–H groups in total. The van der Waals surface area contributed by atoms with Crippen LogP contribution in [0.25, 0.3) is 10.9 Å². The van der Waals surface area contributed by atoms with Crippen LogP contribution in [0.4, 0.5) is 0 Å². The molecular formula is C44H64N4O11. The van der Waals surface area contributed by atoms with Gasteiger partial charge < -0.3 is 43.6 Å². The topological polar surface area (TPSA) is 188 Å². The third kappa shape index (κ3) is 10.6. The number of pyridine rings is 1. The van der Waals surface area contributed by atoms with Gasteiger partial charge in [-0.1, -0.05) is 57.1 Å². The maximum atomic E-state index is 14.5. The molecule has 1 aromatic carbocycles. The summed E-state index contributed by atoms with van der Waals surface area (Å²) in [6.07, 6.45) is -5.09. The largest absolute Gasteiger partial charge is 0.459 e. The number of para-hydroxylation sites is 1. The number of esters is 1. The minimum atomic E-state index is -1.85. The van der Waals surface area contributed by atoms with Crippen LogP contribution in [0.3, 0.4) is 0 Å². The van der Waals surface area contributed by atoms with E-state index in [2.05, 4.69) is 10.1 Å². The molecular weight excluding hydrogens is 761 g/mol. The van der Waals surface area contributed by atoms with E-state index >= 15 is 0 Å². The number of fused-ring (bicyclic) bond motifs is 6. The molecule has 3 aliphatic rings. The molecule has 3 aliphatic heterocycles. The summed E-state index contributed by atoms with van der Waals surface area (Å²) < 4.78 is 32.5. The molecule has 1 amide bonds. The standard InChI is InChI=1S/C44H64N4O11/c1-12-35-44(9,53)40-26(4)36(45-29(7)49)24(2)20-43(8,55-22-32(21-54-40)47-56-23-31-18-17-30-15-13-14-16-33(30)46-31)39(27(5)37(50)28(6)41(52)58-35)59-42-38(51)34(48(10)11)19-25(3)57-42/h13-18,24-28,34-35,38-40,42,51,53H,12,19-23H2,1-11H3/b45-36?,47-32-/t24-,25-,26+,27+,28-,34+,35-,38-,39-,40-,42+,43?,44-/m1/s1. The van der Waals surface area contributed by atoms with Gasteiger partial charge >= 0.3 is 5.97 Å². The fraction of sp³-hybridized carbons (Fsp3) is 0.682. The number of aliphatic hydroxyl groups excluding tert-OH is 1. The van der Waals surface area contributed by atoms with Crippen molar-refractivity contribution in [3.05, 3.63) is 42.1 Å². The number of amides is 1. The van der Waals surface area contributed by atoms with Crippen molar-refractivity contribution in [2.24, 2.45) is 33.8 Å². The molecule has 326 valence electrons. The summed E-state index contributed by atoms with van der Waals surface area (Å²) in [6, 6.07) is 11.2. The van der Waals surface area contributed by atoms with Crippen molar-refractivity contribution in [1.29, 1.82) is 0 Å². The first-order valence-electron chi connectivity index (χ1n) is 20.8. The molecule has 0 radical (unpaired) electrons. The van der Waals surface area contributed by atoms with Crippen molar-refractivity contribution in [3.8, 4) is 0 Å². The smallest absolute Gasteiger partial charge is 0.316 e. The maximum absolute atomic E-state index is 14.5. The van der Waals surface area contributed by atoms with Gasteiger partial charge in [-0.3, -0.25) is 14.4 Å². The number of hydrogen-bond acceptors (Lipinski definition) is 14. The molecule has 0 spiro atoms. The number of carbonyl (C=O) groups is 3. The van der Waals surface area contributed by atoms with E-state index in [4.69, 9.17) is 33.5 Å². The fourth-order valence-corrected chi connectivity index (χ4v) is 8.98. The van der Waals surface area contributed by atoms with Crippen LogP contribution in [0.15, 0.2) is 46.5 Å². The Balaban J connectivity index is 1.66. The van der Waals surface area contributed by atoms with Gasteiger partial charge in [0.15, 0.2) is 18.7 Å². The second-order valence-electron chi connectivity index (χ2n) is 17.3. The Labute approximate surface area is 347 Å². The van der Waals surface area contributed by atoms with Gasteiger partial charge in [0, 0.05) is 35.9 Å². The lowest BCUT2D eigenvalue weighted by Crippen LogP contribution is -2.60. The van der Waals surface area contributed by atoms with Gasteiger partial charge in [0.05, 0.1) is 48.3 Å². The van der Waals surface area contributed by atoms with Crippen molar-refractivity contribution >= 4 is 40.0 Å². The number of cyclic esters (lactones) is 1. The molecule has 5 rings (SSSR count). The van der Waals surface area contributed by atoms with Crippen molar-refractivity contribution in [2.75, 3.05) is 27.3 Å². The van der Waals surface area contributed by atoms with E-state index in [1.165, 1.54) is 20.8 Å². The van der Waals surface area contributed by atoms with Crippen LogP contribution >= 0.6 is 0 Å². The molecule has 2 aromatic rings. The molecule has 3 fully saturated rings. The molecule has 13 atom stereocenters. The second kappa shape index (κ2) is 19.3.